The summed E-state index contributed by atoms with van der Waals surface area (Å²) >= 11 is 6.16. The van der Waals surface area contributed by atoms with Crippen LogP contribution in [0.5, 0.6) is 5.88 Å². The lowest BCUT2D eigenvalue weighted by Gasteiger charge is -2.28. The maximum absolute atomic E-state index is 13.5. The fourth-order valence-electron chi connectivity index (χ4n) is 7.01. The van der Waals surface area contributed by atoms with Crippen LogP contribution in [0.25, 0.3) is 16.6 Å². The zero-order valence-corrected chi connectivity index (χ0v) is 31.9. The molecule has 6 aromatic rings. The third-order valence-corrected chi connectivity index (χ3v) is 10.3. The van der Waals surface area contributed by atoms with E-state index < -0.39 is 6.04 Å². The Labute approximate surface area is 324 Å². The minimum Gasteiger partial charge on any atom is -0.478 e. The first-order valence-electron chi connectivity index (χ1n) is 19.0. The highest BCUT2D eigenvalue weighted by atomic mass is 35.5. The van der Waals surface area contributed by atoms with E-state index in [2.05, 4.69) is 49.7 Å². The first kappa shape index (κ1) is 37.4. The molecule has 0 aliphatic carbocycles. The van der Waals surface area contributed by atoms with Gasteiger partial charge in [0.15, 0.2) is 5.65 Å². The van der Waals surface area contributed by atoms with Crippen LogP contribution in [-0.2, 0) is 19.5 Å². The number of aromatic amines is 1. The Kier molecular flexibility index (Phi) is 11.6. The number of benzene rings is 1. The van der Waals surface area contributed by atoms with Gasteiger partial charge < -0.3 is 25.3 Å². The van der Waals surface area contributed by atoms with Gasteiger partial charge in [-0.05, 0) is 93.8 Å². The summed E-state index contributed by atoms with van der Waals surface area (Å²) in [6.07, 6.45) is 10.4. The number of fused-ring (bicyclic) bond motifs is 2. The van der Waals surface area contributed by atoms with Gasteiger partial charge >= 0.3 is 0 Å². The number of nitriles is 1. The van der Waals surface area contributed by atoms with E-state index in [4.69, 9.17) is 21.3 Å². The summed E-state index contributed by atoms with van der Waals surface area (Å²) < 4.78 is 9.29. The molecule has 0 bridgehead atoms. The molecule has 1 saturated heterocycles. The Hall–Kier alpha value is -5.87. The van der Waals surface area contributed by atoms with Crippen LogP contribution in [0.2, 0.25) is 5.02 Å². The van der Waals surface area contributed by atoms with Crippen LogP contribution in [-0.4, -0.2) is 48.8 Å². The van der Waals surface area contributed by atoms with Crippen LogP contribution in [0.1, 0.15) is 80.8 Å². The number of hydrogen-bond donors (Lipinski definition) is 3. The molecule has 14 heteroatoms. The number of H-pyrrole nitrogens is 1. The molecule has 0 radical (unpaired) electrons. The van der Waals surface area contributed by atoms with Gasteiger partial charge in [0.25, 0.3) is 11.1 Å². The van der Waals surface area contributed by atoms with E-state index in [1.54, 1.807) is 36.4 Å². The van der Waals surface area contributed by atoms with Crippen molar-refractivity contribution in [2.24, 2.45) is 0 Å². The topological polar surface area (TPSA) is 158 Å². The van der Waals surface area contributed by atoms with Crippen LogP contribution in [0, 0.1) is 11.3 Å². The van der Waals surface area contributed by atoms with Gasteiger partial charge in [-0.25, -0.2) is 9.97 Å². The molecule has 1 fully saturated rings. The van der Waals surface area contributed by atoms with E-state index >= 15 is 0 Å². The van der Waals surface area contributed by atoms with Crippen molar-refractivity contribution in [1.29, 1.82) is 5.26 Å². The largest absolute Gasteiger partial charge is 0.478 e. The van der Waals surface area contributed by atoms with Crippen molar-refractivity contribution in [2.75, 3.05) is 35.2 Å². The van der Waals surface area contributed by atoms with E-state index in [1.165, 1.54) is 23.8 Å². The first-order chi connectivity index (χ1) is 26.8. The lowest BCUT2D eigenvalue weighted by molar-refractivity contribution is 0.292. The van der Waals surface area contributed by atoms with Gasteiger partial charge in [0.2, 0.25) is 5.88 Å². The predicted octanol–water partition coefficient (Wildman–Crippen LogP) is 7.24. The van der Waals surface area contributed by atoms with Crippen LogP contribution in [0.3, 0.4) is 0 Å². The SMILES string of the molecule is CCc1cnn2c(NCc3ccc(OCCCCCn4c(C#N)ccc(NC(C)c5cc6cc(Cl)ccc6[nH]c5=O)c4=O)nc3)cc(N3CCCCC3)nc12. The molecule has 7 rings (SSSR count). The summed E-state index contributed by atoms with van der Waals surface area (Å²) in [5.41, 5.74) is 4.22. The number of hydrogen-bond acceptors (Lipinski definition) is 10. The molecule has 6 heterocycles. The van der Waals surface area contributed by atoms with E-state index in [0.717, 1.165) is 66.1 Å². The number of halogens is 1. The molecule has 284 valence electrons. The number of aromatic nitrogens is 6. The number of pyridine rings is 3. The standard InChI is InChI=1S/C41H45ClN10O3/c1-3-29-26-46-52-36(22-37(49-39(29)52)50-16-6-4-7-17-50)44-24-28-10-15-38(45-25-28)55-19-9-5-8-18-51-32(23-43)12-14-35(41(51)54)47-27(2)33-21-30-20-31(42)11-13-34(30)48-40(33)53/h10-15,20-22,25-27,44,47H,3-9,16-19,24H2,1-2H3,(H,48,53). The number of piperidine rings is 1. The second-order valence-corrected chi connectivity index (χ2v) is 14.4. The zero-order valence-electron chi connectivity index (χ0n) is 31.1. The minimum atomic E-state index is -0.474. The van der Waals surface area contributed by atoms with Crippen LogP contribution in [0.15, 0.2) is 76.6 Å². The number of aryl methyl sites for hydroxylation is 1. The summed E-state index contributed by atoms with van der Waals surface area (Å²) in [5, 5.41) is 22.4. The molecule has 1 unspecified atom stereocenters. The average Bonchev–Trinajstić information content (AvgIpc) is 3.63. The number of unbranched alkanes of at least 4 members (excludes halogenated alkanes) is 2. The van der Waals surface area contributed by atoms with Crippen molar-refractivity contribution in [2.45, 2.75) is 77.9 Å². The molecule has 3 N–H and O–H groups in total. The van der Waals surface area contributed by atoms with Gasteiger partial charge in [-0.1, -0.05) is 24.6 Å². The molecule has 5 aromatic heterocycles. The predicted molar refractivity (Wildman–Crippen MR) is 216 cm³/mol. The third-order valence-electron chi connectivity index (χ3n) is 10.1. The maximum atomic E-state index is 13.5. The summed E-state index contributed by atoms with van der Waals surface area (Å²) in [4.78, 5) is 41.0. The van der Waals surface area contributed by atoms with Gasteiger partial charge in [0.1, 0.15) is 29.1 Å². The summed E-state index contributed by atoms with van der Waals surface area (Å²) in [6.45, 7) is 7.41. The molecule has 55 heavy (non-hydrogen) atoms. The van der Waals surface area contributed by atoms with Crippen molar-refractivity contribution in [3.8, 4) is 11.9 Å². The first-order valence-corrected chi connectivity index (χ1v) is 19.4. The molecule has 1 aliphatic heterocycles. The van der Waals surface area contributed by atoms with Crippen molar-refractivity contribution in [1.82, 2.24) is 29.1 Å². The van der Waals surface area contributed by atoms with Crippen LogP contribution in [0.4, 0.5) is 17.3 Å². The molecule has 1 aromatic carbocycles. The number of nitrogens with one attached hydrogen (secondary N) is 3. The van der Waals surface area contributed by atoms with Crippen LogP contribution >= 0.6 is 11.6 Å². The van der Waals surface area contributed by atoms with Crippen LogP contribution < -0.4 is 31.4 Å². The Balaban J connectivity index is 0.900. The van der Waals surface area contributed by atoms with Crippen molar-refractivity contribution >= 4 is 45.5 Å². The monoisotopic (exact) mass is 760 g/mol. The number of anilines is 3. The summed E-state index contributed by atoms with van der Waals surface area (Å²) in [6, 6.07) is 17.9. The van der Waals surface area contributed by atoms with Gasteiger partial charge in [-0.2, -0.15) is 14.9 Å². The number of ether oxygens (including phenoxy) is 1. The summed E-state index contributed by atoms with van der Waals surface area (Å²) in [5.74, 6) is 2.44. The second kappa shape index (κ2) is 17.1. The van der Waals surface area contributed by atoms with Gasteiger partial charge in [-0.3, -0.25) is 14.2 Å². The van der Waals surface area contributed by atoms with Crippen molar-refractivity contribution in [3.63, 3.8) is 0 Å². The average molecular weight is 761 g/mol. The van der Waals surface area contributed by atoms with Gasteiger partial charge in [0.05, 0.1) is 18.8 Å². The fourth-order valence-corrected chi connectivity index (χ4v) is 7.19. The molecular weight excluding hydrogens is 716 g/mol. The Bertz CT molecular complexity index is 2440. The molecule has 0 amide bonds. The van der Waals surface area contributed by atoms with E-state index in [9.17, 15) is 14.9 Å². The van der Waals surface area contributed by atoms with Crippen molar-refractivity contribution in [3.05, 3.63) is 115 Å². The maximum Gasteiger partial charge on any atom is 0.274 e. The van der Waals surface area contributed by atoms with E-state index in [0.29, 0.717) is 53.8 Å². The Morgan fingerprint density at radius 1 is 1.02 bits per heavy atom. The lowest BCUT2D eigenvalue weighted by atomic mass is 10.1. The quantitative estimate of drug-likeness (QED) is 0.0912. The number of rotatable bonds is 15. The molecule has 13 nitrogen and oxygen atoms in total. The highest BCUT2D eigenvalue weighted by Gasteiger charge is 2.18. The minimum absolute atomic E-state index is 0.251. The lowest BCUT2D eigenvalue weighted by Crippen LogP contribution is -2.30. The highest BCUT2D eigenvalue weighted by Crippen LogP contribution is 2.26. The van der Waals surface area contributed by atoms with Gasteiger partial charge in [0, 0.05) is 71.6 Å². The molecule has 1 atom stereocenters. The molecular formula is C41H45ClN10O3. The fraction of sp³-hybridized carbons (Fsp3) is 0.366. The molecule has 1 aliphatic rings. The van der Waals surface area contributed by atoms with E-state index in [-0.39, 0.29) is 16.8 Å². The Morgan fingerprint density at radius 3 is 2.65 bits per heavy atom. The normalized spacial score (nSPS) is 13.5. The number of nitrogens with zero attached hydrogens (tertiary/aromatic N) is 7. The van der Waals surface area contributed by atoms with Crippen molar-refractivity contribution < 1.29 is 4.74 Å². The smallest absolute Gasteiger partial charge is 0.274 e. The summed E-state index contributed by atoms with van der Waals surface area (Å²) in [7, 11) is 0. The second-order valence-electron chi connectivity index (χ2n) is 13.9. The van der Waals surface area contributed by atoms with Gasteiger partial charge in [-0.15, -0.1) is 0 Å². The highest BCUT2D eigenvalue weighted by molar-refractivity contribution is 6.31. The zero-order chi connectivity index (χ0) is 38.3. The Morgan fingerprint density at radius 2 is 1.87 bits per heavy atom. The van der Waals surface area contributed by atoms with E-state index in [1.807, 2.05) is 36.0 Å². The molecule has 0 saturated carbocycles. The molecule has 0 spiro atoms. The third kappa shape index (κ3) is 8.60.